The first-order chi connectivity index (χ1) is 9.18. The highest BCUT2D eigenvalue weighted by Gasteiger charge is 2.53. The summed E-state index contributed by atoms with van der Waals surface area (Å²) in [6.45, 7) is 3.08. The van der Waals surface area contributed by atoms with Crippen LogP contribution in [0.4, 0.5) is 0 Å². The van der Waals surface area contributed by atoms with Gasteiger partial charge in [0.25, 0.3) is 0 Å². The van der Waals surface area contributed by atoms with E-state index in [1.54, 1.807) is 0 Å². The van der Waals surface area contributed by atoms with E-state index in [0.29, 0.717) is 5.41 Å². The number of aryl methyl sites for hydroxylation is 1. The van der Waals surface area contributed by atoms with Gasteiger partial charge in [0.05, 0.1) is 12.2 Å². The van der Waals surface area contributed by atoms with Crippen LogP contribution in [-0.2, 0) is 12.0 Å². The first kappa shape index (κ1) is 12.0. The van der Waals surface area contributed by atoms with Gasteiger partial charge in [-0.25, -0.2) is 4.98 Å². The number of hydrogen-bond donors (Lipinski definition) is 2. The fraction of sp³-hybridized carbons (Fsp3) is 0.812. The molecule has 0 saturated heterocycles. The Labute approximate surface area is 115 Å². The van der Waals surface area contributed by atoms with Gasteiger partial charge in [0.1, 0.15) is 5.82 Å². The van der Waals surface area contributed by atoms with E-state index < -0.39 is 0 Å². The number of aromatic amines is 1. The lowest BCUT2D eigenvalue weighted by Gasteiger charge is -2.56. The summed E-state index contributed by atoms with van der Waals surface area (Å²) in [7, 11) is 1.99. The molecular formula is C16H25N3. The summed E-state index contributed by atoms with van der Waals surface area (Å²) in [5.41, 5.74) is 3.17. The molecule has 0 spiro atoms. The Morgan fingerprint density at radius 2 is 1.74 bits per heavy atom. The topological polar surface area (TPSA) is 40.7 Å². The van der Waals surface area contributed by atoms with Crippen molar-refractivity contribution in [1.82, 2.24) is 15.3 Å². The Kier molecular flexibility index (Phi) is 2.57. The van der Waals surface area contributed by atoms with Gasteiger partial charge in [-0.2, -0.15) is 0 Å². The summed E-state index contributed by atoms with van der Waals surface area (Å²) in [6.07, 6.45) is 8.74. The highest BCUT2D eigenvalue weighted by atomic mass is 15.0. The maximum Gasteiger partial charge on any atom is 0.120 e. The zero-order chi connectivity index (χ0) is 13.0. The monoisotopic (exact) mass is 259 g/mol. The van der Waals surface area contributed by atoms with E-state index in [9.17, 15) is 0 Å². The molecule has 0 aliphatic heterocycles. The molecule has 0 radical (unpaired) electrons. The molecule has 4 aliphatic carbocycles. The van der Waals surface area contributed by atoms with Crippen LogP contribution in [0.2, 0.25) is 0 Å². The fourth-order valence-electron chi connectivity index (χ4n) is 5.69. The van der Waals surface area contributed by atoms with Crippen molar-refractivity contribution in [2.75, 3.05) is 7.05 Å². The minimum Gasteiger partial charge on any atom is -0.345 e. The van der Waals surface area contributed by atoms with Crippen LogP contribution in [-0.4, -0.2) is 17.0 Å². The van der Waals surface area contributed by atoms with Crippen LogP contribution in [0.1, 0.15) is 55.7 Å². The van der Waals surface area contributed by atoms with Crippen LogP contribution in [0.5, 0.6) is 0 Å². The first-order valence-corrected chi connectivity index (χ1v) is 7.89. The van der Waals surface area contributed by atoms with Gasteiger partial charge in [-0.15, -0.1) is 0 Å². The Hall–Kier alpha value is -0.830. The third kappa shape index (κ3) is 1.78. The fourth-order valence-corrected chi connectivity index (χ4v) is 5.69. The van der Waals surface area contributed by atoms with E-state index in [1.165, 1.54) is 49.9 Å². The van der Waals surface area contributed by atoms with E-state index in [2.05, 4.69) is 17.2 Å². The predicted molar refractivity (Wildman–Crippen MR) is 75.9 cm³/mol. The lowest BCUT2D eigenvalue weighted by molar-refractivity contribution is -0.00735. The molecule has 3 heteroatoms. The number of aromatic nitrogens is 2. The average Bonchev–Trinajstić information content (AvgIpc) is 2.70. The van der Waals surface area contributed by atoms with Crippen molar-refractivity contribution < 1.29 is 0 Å². The number of nitrogens with zero attached hydrogens (tertiary/aromatic N) is 1. The normalized spacial score (nSPS) is 40.0. The molecule has 0 unspecified atom stereocenters. The molecule has 3 nitrogen and oxygen atoms in total. The second kappa shape index (κ2) is 4.08. The minimum absolute atomic E-state index is 0.432. The van der Waals surface area contributed by atoms with Crippen molar-refractivity contribution in [3.63, 3.8) is 0 Å². The van der Waals surface area contributed by atoms with Crippen molar-refractivity contribution >= 4 is 0 Å². The lowest BCUT2D eigenvalue weighted by atomic mass is 9.48. The molecule has 1 aromatic rings. The van der Waals surface area contributed by atoms with Gasteiger partial charge in [-0.1, -0.05) is 0 Å². The number of imidazole rings is 1. The number of rotatable bonds is 3. The standard InChI is InChI=1S/C16H25N3/c1-10-15(19-14(18-10)9-17-2)16-6-11-3-12(7-16)5-13(4-11)8-16/h11-13,17H,3-9H2,1-2H3,(H,18,19). The molecule has 104 valence electrons. The Morgan fingerprint density at radius 3 is 2.26 bits per heavy atom. The lowest BCUT2D eigenvalue weighted by Crippen LogP contribution is -2.49. The maximum atomic E-state index is 4.97. The van der Waals surface area contributed by atoms with Crippen molar-refractivity contribution in [3.05, 3.63) is 17.2 Å². The van der Waals surface area contributed by atoms with E-state index in [4.69, 9.17) is 4.98 Å². The average molecular weight is 259 g/mol. The Bertz CT molecular complexity index is 453. The molecule has 4 bridgehead atoms. The molecule has 4 fully saturated rings. The first-order valence-electron chi connectivity index (χ1n) is 7.89. The van der Waals surface area contributed by atoms with Crippen LogP contribution in [0.15, 0.2) is 0 Å². The van der Waals surface area contributed by atoms with E-state index in [0.717, 1.165) is 30.1 Å². The molecular weight excluding hydrogens is 234 g/mol. The van der Waals surface area contributed by atoms with E-state index >= 15 is 0 Å². The molecule has 5 rings (SSSR count). The van der Waals surface area contributed by atoms with E-state index in [1.807, 2.05) is 7.05 Å². The summed E-state index contributed by atoms with van der Waals surface area (Å²) in [6, 6.07) is 0. The maximum absolute atomic E-state index is 4.97. The van der Waals surface area contributed by atoms with Crippen LogP contribution < -0.4 is 5.32 Å². The minimum atomic E-state index is 0.432. The zero-order valence-electron chi connectivity index (χ0n) is 12.1. The molecule has 0 aromatic carbocycles. The van der Waals surface area contributed by atoms with Crippen LogP contribution >= 0.6 is 0 Å². The van der Waals surface area contributed by atoms with Crippen molar-refractivity contribution in [2.45, 2.75) is 57.4 Å². The SMILES string of the molecule is CNCc1nc(C23CC4CC(CC(C4)C2)C3)c(C)[nH]1. The second-order valence-corrected chi connectivity index (χ2v) is 7.39. The van der Waals surface area contributed by atoms with Gasteiger partial charge >= 0.3 is 0 Å². The summed E-state index contributed by atoms with van der Waals surface area (Å²) in [5.74, 6) is 4.10. The smallest absolute Gasteiger partial charge is 0.120 e. The van der Waals surface area contributed by atoms with Gasteiger partial charge in [-0.05, 0) is 70.3 Å². The summed E-state index contributed by atoms with van der Waals surface area (Å²) in [5, 5.41) is 3.20. The van der Waals surface area contributed by atoms with Gasteiger partial charge in [-0.3, -0.25) is 0 Å². The molecule has 0 amide bonds. The van der Waals surface area contributed by atoms with Gasteiger partial charge < -0.3 is 10.3 Å². The molecule has 19 heavy (non-hydrogen) atoms. The molecule has 4 aliphatic rings. The van der Waals surface area contributed by atoms with Gasteiger partial charge in [0.15, 0.2) is 0 Å². The van der Waals surface area contributed by atoms with Gasteiger partial charge in [0.2, 0.25) is 0 Å². The zero-order valence-corrected chi connectivity index (χ0v) is 12.1. The summed E-state index contributed by atoms with van der Waals surface area (Å²) < 4.78 is 0. The van der Waals surface area contributed by atoms with Crippen molar-refractivity contribution in [1.29, 1.82) is 0 Å². The highest BCUT2D eigenvalue weighted by molar-refractivity contribution is 5.28. The summed E-state index contributed by atoms with van der Waals surface area (Å²) >= 11 is 0. The predicted octanol–water partition coefficient (Wildman–Crippen LogP) is 2.91. The number of hydrogen-bond acceptors (Lipinski definition) is 2. The van der Waals surface area contributed by atoms with Crippen molar-refractivity contribution in [3.8, 4) is 0 Å². The largest absolute Gasteiger partial charge is 0.345 e. The number of H-pyrrole nitrogens is 1. The van der Waals surface area contributed by atoms with Crippen molar-refractivity contribution in [2.24, 2.45) is 17.8 Å². The second-order valence-electron chi connectivity index (χ2n) is 7.39. The van der Waals surface area contributed by atoms with Crippen LogP contribution in [0, 0.1) is 24.7 Å². The Balaban J connectivity index is 1.71. The van der Waals surface area contributed by atoms with E-state index in [-0.39, 0.29) is 0 Å². The molecule has 0 atom stereocenters. The molecule has 4 saturated carbocycles. The quantitative estimate of drug-likeness (QED) is 0.876. The number of nitrogens with one attached hydrogen (secondary N) is 2. The van der Waals surface area contributed by atoms with Crippen LogP contribution in [0.3, 0.4) is 0 Å². The van der Waals surface area contributed by atoms with Crippen LogP contribution in [0.25, 0.3) is 0 Å². The highest BCUT2D eigenvalue weighted by Crippen LogP contribution is 2.60. The molecule has 2 N–H and O–H groups in total. The van der Waals surface area contributed by atoms with Gasteiger partial charge in [0, 0.05) is 11.1 Å². The molecule has 1 aromatic heterocycles. The third-order valence-corrected chi connectivity index (χ3v) is 5.82. The third-order valence-electron chi connectivity index (χ3n) is 5.82. The molecule has 1 heterocycles. The summed E-state index contributed by atoms with van der Waals surface area (Å²) in [4.78, 5) is 8.47. The Morgan fingerprint density at radius 1 is 1.16 bits per heavy atom.